The van der Waals surface area contributed by atoms with Crippen LogP contribution >= 0.6 is 11.3 Å². The highest BCUT2D eigenvalue weighted by molar-refractivity contribution is 7.12. The molecule has 20 heavy (non-hydrogen) atoms. The number of carbonyl (C=O) groups is 2. The molecule has 0 bridgehead atoms. The second-order valence-electron chi connectivity index (χ2n) is 5.52. The normalized spacial score (nSPS) is 19.1. The van der Waals surface area contributed by atoms with E-state index in [-0.39, 0.29) is 12.3 Å². The highest BCUT2D eigenvalue weighted by atomic mass is 32.1. The van der Waals surface area contributed by atoms with Crippen molar-refractivity contribution in [1.29, 1.82) is 0 Å². The summed E-state index contributed by atoms with van der Waals surface area (Å²) in [5.41, 5.74) is 0.811. The lowest BCUT2D eigenvalue weighted by atomic mass is 9.93. The first kappa shape index (κ1) is 15.0. The van der Waals surface area contributed by atoms with E-state index in [2.05, 4.69) is 0 Å². The van der Waals surface area contributed by atoms with Crippen molar-refractivity contribution in [2.45, 2.75) is 39.5 Å². The van der Waals surface area contributed by atoms with Gasteiger partial charge in [0.25, 0.3) is 5.91 Å². The Kier molecular flexibility index (Phi) is 4.81. The molecule has 0 unspecified atom stereocenters. The van der Waals surface area contributed by atoms with Crippen LogP contribution in [0.25, 0.3) is 0 Å². The molecule has 1 aliphatic heterocycles. The molecule has 5 heteroatoms. The van der Waals surface area contributed by atoms with Gasteiger partial charge >= 0.3 is 5.97 Å². The Morgan fingerprint density at radius 2 is 2.20 bits per heavy atom. The third-order valence-electron chi connectivity index (χ3n) is 3.84. The molecular formula is C15H21NO3S. The summed E-state index contributed by atoms with van der Waals surface area (Å²) in [6.07, 6.45) is 2.86. The zero-order valence-corrected chi connectivity index (χ0v) is 12.8. The Morgan fingerprint density at radius 3 is 2.80 bits per heavy atom. The summed E-state index contributed by atoms with van der Waals surface area (Å²) in [4.78, 5) is 27.3. The number of rotatable bonds is 4. The number of nitrogens with zero attached hydrogens (tertiary/aromatic N) is 1. The Balaban J connectivity index is 1.99. The molecule has 1 N–H and O–H groups in total. The lowest BCUT2D eigenvalue weighted by molar-refractivity contribution is -0.137. The standard InChI is InChI=1S/C15H21NO3S/c1-10-8-13(11(2)20-10)15(19)16-7-3-4-12(9-16)5-6-14(17)18/h8,12H,3-7,9H2,1-2H3,(H,17,18)/t12-/m0/s1. The monoisotopic (exact) mass is 295 g/mol. The number of aryl methyl sites for hydroxylation is 2. The van der Waals surface area contributed by atoms with E-state index in [4.69, 9.17) is 5.11 Å². The number of carboxylic acid groups (broad SMARTS) is 1. The second kappa shape index (κ2) is 6.39. The fourth-order valence-corrected chi connectivity index (χ4v) is 3.74. The number of likely N-dealkylation sites (tertiary alicyclic amines) is 1. The van der Waals surface area contributed by atoms with Crippen molar-refractivity contribution in [2.24, 2.45) is 5.92 Å². The molecule has 1 aromatic rings. The Bertz CT molecular complexity index is 509. The third-order valence-corrected chi connectivity index (χ3v) is 4.81. The van der Waals surface area contributed by atoms with E-state index in [9.17, 15) is 9.59 Å². The molecule has 2 rings (SSSR count). The van der Waals surface area contributed by atoms with Crippen molar-refractivity contribution < 1.29 is 14.7 Å². The van der Waals surface area contributed by atoms with Gasteiger partial charge in [0.05, 0.1) is 5.56 Å². The van der Waals surface area contributed by atoms with Crippen molar-refractivity contribution >= 4 is 23.2 Å². The average Bonchev–Trinajstić information content (AvgIpc) is 2.75. The zero-order chi connectivity index (χ0) is 14.7. The lowest BCUT2D eigenvalue weighted by Gasteiger charge is -2.32. The molecule has 1 saturated heterocycles. The molecule has 0 saturated carbocycles. The van der Waals surface area contributed by atoms with Crippen molar-refractivity contribution in [2.75, 3.05) is 13.1 Å². The molecule has 0 aromatic carbocycles. The van der Waals surface area contributed by atoms with Crippen LogP contribution in [0, 0.1) is 19.8 Å². The molecule has 1 atom stereocenters. The van der Waals surface area contributed by atoms with Crippen LogP contribution in [0.4, 0.5) is 0 Å². The van der Waals surface area contributed by atoms with Crippen molar-refractivity contribution in [3.8, 4) is 0 Å². The van der Waals surface area contributed by atoms with Gasteiger partial charge in [-0.15, -0.1) is 11.3 Å². The highest BCUT2D eigenvalue weighted by Gasteiger charge is 2.26. The zero-order valence-electron chi connectivity index (χ0n) is 12.0. The van der Waals surface area contributed by atoms with Crippen LogP contribution in [0.2, 0.25) is 0 Å². The molecule has 1 aliphatic rings. The van der Waals surface area contributed by atoms with E-state index >= 15 is 0 Å². The summed E-state index contributed by atoms with van der Waals surface area (Å²) in [5, 5.41) is 8.76. The fourth-order valence-electron chi connectivity index (χ4n) is 2.83. The van der Waals surface area contributed by atoms with Crippen molar-refractivity contribution in [3.05, 3.63) is 21.4 Å². The maximum absolute atomic E-state index is 12.5. The summed E-state index contributed by atoms with van der Waals surface area (Å²) in [5.74, 6) is -0.325. The van der Waals surface area contributed by atoms with E-state index in [0.29, 0.717) is 18.9 Å². The number of hydrogen-bond acceptors (Lipinski definition) is 3. The van der Waals surface area contributed by atoms with Gasteiger partial charge in [0.1, 0.15) is 0 Å². The quantitative estimate of drug-likeness (QED) is 0.928. The molecule has 1 aromatic heterocycles. The molecule has 0 spiro atoms. The van der Waals surface area contributed by atoms with E-state index in [1.54, 1.807) is 11.3 Å². The Hall–Kier alpha value is -1.36. The molecule has 110 valence electrons. The van der Waals surface area contributed by atoms with Crippen LogP contribution in [0.5, 0.6) is 0 Å². The van der Waals surface area contributed by atoms with Gasteiger partial charge in [-0.1, -0.05) is 0 Å². The van der Waals surface area contributed by atoms with Crippen LogP contribution in [-0.2, 0) is 4.79 Å². The van der Waals surface area contributed by atoms with Gasteiger partial charge in [-0.2, -0.15) is 0 Å². The van der Waals surface area contributed by atoms with E-state index in [1.807, 2.05) is 24.8 Å². The largest absolute Gasteiger partial charge is 0.481 e. The fraction of sp³-hybridized carbons (Fsp3) is 0.600. The summed E-state index contributed by atoms with van der Waals surface area (Å²) in [7, 11) is 0. The predicted octanol–water partition coefficient (Wildman–Crippen LogP) is 3.08. The van der Waals surface area contributed by atoms with Crippen LogP contribution in [0.1, 0.15) is 45.8 Å². The SMILES string of the molecule is Cc1cc(C(=O)N2CCC[C@@H](CCC(=O)O)C2)c(C)s1. The summed E-state index contributed by atoms with van der Waals surface area (Å²) in [6, 6.07) is 1.96. The van der Waals surface area contributed by atoms with E-state index in [1.165, 1.54) is 0 Å². The predicted molar refractivity (Wildman–Crippen MR) is 79.3 cm³/mol. The number of carbonyl (C=O) groups excluding carboxylic acids is 1. The first-order chi connectivity index (χ1) is 9.47. The smallest absolute Gasteiger partial charge is 0.303 e. The average molecular weight is 295 g/mol. The second-order valence-corrected chi connectivity index (χ2v) is 6.98. The topological polar surface area (TPSA) is 57.6 Å². The summed E-state index contributed by atoms with van der Waals surface area (Å²) in [6.45, 7) is 5.48. The maximum atomic E-state index is 12.5. The highest BCUT2D eigenvalue weighted by Crippen LogP contribution is 2.26. The summed E-state index contributed by atoms with van der Waals surface area (Å²) >= 11 is 1.65. The van der Waals surface area contributed by atoms with Crippen molar-refractivity contribution in [3.63, 3.8) is 0 Å². The number of amides is 1. The summed E-state index contributed by atoms with van der Waals surface area (Å²) < 4.78 is 0. The number of piperidine rings is 1. The molecule has 0 aliphatic carbocycles. The van der Waals surface area contributed by atoms with Gasteiger partial charge in [0.2, 0.25) is 0 Å². The van der Waals surface area contributed by atoms with Gasteiger partial charge in [-0.3, -0.25) is 9.59 Å². The molecule has 1 amide bonds. The van der Waals surface area contributed by atoms with Gasteiger partial charge in [-0.05, 0) is 45.1 Å². The van der Waals surface area contributed by atoms with E-state index < -0.39 is 5.97 Å². The minimum Gasteiger partial charge on any atom is -0.481 e. The van der Waals surface area contributed by atoms with Gasteiger partial charge in [0.15, 0.2) is 0 Å². The maximum Gasteiger partial charge on any atom is 0.303 e. The van der Waals surface area contributed by atoms with Gasteiger partial charge in [0, 0.05) is 29.3 Å². The Morgan fingerprint density at radius 1 is 1.45 bits per heavy atom. The third kappa shape index (κ3) is 3.60. The minimum atomic E-state index is -0.752. The molecule has 1 fully saturated rings. The van der Waals surface area contributed by atoms with E-state index in [0.717, 1.165) is 34.7 Å². The van der Waals surface area contributed by atoms with Gasteiger partial charge in [-0.25, -0.2) is 0 Å². The number of aliphatic carboxylic acids is 1. The molecule has 0 radical (unpaired) electrons. The lowest BCUT2D eigenvalue weighted by Crippen LogP contribution is -2.40. The van der Waals surface area contributed by atoms with Crippen LogP contribution in [0.15, 0.2) is 6.07 Å². The Labute approximate surface area is 123 Å². The van der Waals surface area contributed by atoms with Gasteiger partial charge < -0.3 is 10.0 Å². The number of hydrogen-bond donors (Lipinski definition) is 1. The molecular weight excluding hydrogens is 274 g/mol. The van der Waals surface area contributed by atoms with Crippen molar-refractivity contribution in [1.82, 2.24) is 4.90 Å². The molecule has 4 nitrogen and oxygen atoms in total. The van der Waals surface area contributed by atoms with Crippen LogP contribution < -0.4 is 0 Å². The van der Waals surface area contributed by atoms with Crippen LogP contribution in [-0.4, -0.2) is 35.0 Å². The number of carboxylic acids is 1. The van der Waals surface area contributed by atoms with Crippen LogP contribution in [0.3, 0.4) is 0 Å². The first-order valence-electron chi connectivity index (χ1n) is 7.05. The molecule has 2 heterocycles. The number of thiophene rings is 1. The minimum absolute atomic E-state index is 0.104. The first-order valence-corrected chi connectivity index (χ1v) is 7.87.